The average Bonchev–Trinajstić information content (AvgIpc) is 2.45. The van der Waals surface area contributed by atoms with Gasteiger partial charge in [0.2, 0.25) is 0 Å². The first-order valence-electron chi connectivity index (χ1n) is 2.87. The summed E-state index contributed by atoms with van der Waals surface area (Å²) in [6, 6.07) is 0. The minimum Gasteiger partial charge on any atom is -0.553 e. The molecule has 2 nitrogen and oxygen atoms in total. The van der Waals surface area contributed by atoms with E-state index in [-0.39, 0.29) is 11.9 Å². The van der Waals surface area contributed by atoms with Gasteiger partial charge in [0.1, 0.15) is 0 Å². The molecule has 1 fully saturated rings. The van der Waals surface area contributed by atoms with Gasteiger partial charge in [0.05, 0.1) is 0 Å². The minimum atomic E-state index is 0.0231. The van der Waals surface area contributed by atoms with Crippen LogP contribution in [0, 0.1) is 0 Å². The van der Waals surface area contributed by atoms with Crippen molar-refractivity contribution in [3.05, 3.63) is 24.0 Å². The Labute approximate surface area is 53.1 Å². The molecule has 0 spiro atoms. The van der Waals surface area contributed by atoms with Gasteiger partial charge in [0, 0.05) is 6.08 Å². The fourth-order valence-electron chi connectivity index (χ4n) is 1.11. The van der Waals surface area contributed by atoms with Crippen molar-refractivity contribution in [2.45, 2.75) is 6.10 Å². The van der Waals surface area contributed by atoms with Crippen molar-refractivity contribution in [1.29, 1.82) is 0 Å². The molecule has 0 aromatic heterocycles. The summed E-state index contributed by atoms with van der Waals surface area (Å²) in [7, 11) is 1.85. The standard InChI is InChI=1S/C7H7O2/c1-9-6-4-2-3-5(8)7(6)9/h2-4,7H,1H3/q+1. The van der Waals surface area contributed by atoms with Crippen LogP contribution in [0.1, 0.15) is 0 Å². The molecule has 2 rings (SSSR count). The fraction of sp³-hybridized carbons (Fsp3) is 0.286. The van der Waals surface area contributed by atoms with Gasteiger partial charge < -0.3 is 4.37 Å². The van der Waals surface area contributed by atoms with Crippen molar-refractivity contribution in [1.82, 2.24) is 0 Å². The van der Waals surface area contributed by atoms with Crippen LogP contribution in [0.15, 0.2) is 24.0 Å². The number of rotatable bonds is 0. The molecule has 1 saturated heterocycles. The number of allylic oxidation sites excluding steroid dienone is 2. The number of hydrogen-bond acceptors (Lipinski definition) is 1. The predicted molar refractivity (Wildman–Crippen MR) is 33.0 cm³/mol. The number of carbonyl (C=O) groups excluding carboxylic acids is 1. The molecule has 0 amide bonds. The van der Waals surface area contributed by atoms with Crippen LogP contribution in [0.2, 0.25) is 0 Å². The van der Waals surface area contributed by atoms with Crippen molar-refractivity contribution in [3.63, 3.8) is 0 Å². The van der Waals surface area contributed by atoms with E-state index in [4.69, 9.17) is 0 Å². The topological polar surface area (TPSA) is 19.8 Å². The Morgan fingerprint density at radius 2 is 2.44 bits per heavy atom. The Kier molecular flexibility index (Phi) is 0.673. The first-order valence-corrected chi connectivity index (χ1v) is 2.87. The van der Waals surface area contributed by atoms with Crippen LogP contribution in [0.5, 0.6) is 0 Å². The molecule has 1 atom stereocenters. The minimum absolute atomic E-state index is 0.0231. The molecule has 46 valence electrons. The summed E-state index contributed by atoms with van der Waals surface area (Å²) in [5.74, 6) is 1.25. The summed E-state index contributed by atoms with van der Waals surface area (Å²) in [6.45, 7) is 0. The molecule has 0 bridgehead atoms. The molecule has 1 heterocycles. The largest absolute Gasteiger partial charge is 0.553 e. The third kappa shape index (κ3) is 0.474. The van der Waals surface area contributed by atoms with Crippen molar-refractivity contribution in [3.8, 4) is 0 Å². The lowest BCUT2D eigenvalue weighted by Gasteiger charge is -1.85. The average molecular weight is 123 g/mol. The Balaban J connectivity index is 2.36. The quantitative estimate of drug-likeness (QED) is 0.340. The van der Waals surface area contributed by atoms with E-state index in [1.54, 1.807) is 12.2 Å². The van der Waals surface area contributed by atoms with Gasteiger partial charge in [-0.1, -0.05) is 0 Å². The smallest absolute Gasteiger partial charge is 0.354 e. The molecule has 1 unspecified atom stereocenters. The third-order valence-electron chi connectivity index (χ3n) is 1.71. The SMILES string of the molecule is C[O+]1C2=CC=CC(=O)C21. The maximum absolute atomic E-state index is 10.9. The first-order chi connectivity index (χ1) is 4.30. The lowest BCUT2D eigenvalue weighted by Crippen LogP contribution is -2.04. The Hall–Kier alpha value is -1.05. The van der Waals surface area contributed by atoms with E-state index in [1.807, 2.05) is 13.2 Å². The second-order valence-electron chi connectivity index (χ2n) is 2.27. The van der Waals surface area contributed by atoms with Crippen LogP contribution < -0.4 is 0 Å². The third-order valence-corrected chi connectivity index (χ3v) is 1.71. The fourth-order valence-corrected chi connectivity index (χ4v) is 1.11. The van der Waals surface area contributed by atoms with E-state index in [0.29, 0.717) is 0 Å². The summed E-state index contributed by atoms with van der Waals surface area (Å²) in [5.41, 5.74) is 0. The highest BCUT2D eigenvalue weighted by molar-refractivity contribution is 6.00. The first kappa shape index (κ1) is 4.79. The highest BCUT2D eigenvalue weighted by atomic mass is 16.8. The van der Waals surface area contributed by atoms with E-state index in [0.717, 1.165) is 5.76 Å². The molecular weight excluding hydrogens is 116 g/mol. The normalized spacial score (nSPS) is 29.9. The van der Waals surface area contributed by atoms with Gasteiger partial charge in [0.25, 0.3) is 5.78 Å². The summed E-state index contributed by atoms with van der Waals surface area (Å²) in [4.78, 5) is 10.9. The van der Waals surface area contributed by atoms with Crippen LogP contribution in [0.3, 0.4) is 0 Å². The zero-order valence-electron chi connectivity index (χ0n) is 5.13. The monoisotopic (exact) mass is 123 g/mol. The molecule has 1 aliphatic heterocycles. The molecule has 2 heteroatoms. The zero-order valence-corrected chi connectivity index (χ0v) is 5.13. The van der Waals surface area contributed by atoms with E-state index in [9.17, 15) is 4.79 Å². The van der Waals surface area contributed by atoms with Gasteiger partial charge in [-0.05, 0) is 12.2 Å². The van der Waals surface area contributed by atoms with E-state index < -0.39 is 0 Å². The Morgan fingerprint density at radius 3 is 3.00 bits per heavy atom. The summed E-state index contributed by atoms with van der Waals surface area (Å²) in [6.07, 6.45) is 5.35. The molecule has 9 heavy (non-hydrogen) atoms. The van der Waals surface area contributed by atoms with Crippen LogP contribution in [0.4, 0.5) is 0 Å². The zero-order chi connectivity index (χ0) is 6.43. The second-order valence-corrected chi connectivity index (χ2v) is 2.27. The summed E-state index contributed by atoms with van der Waals surface area (Å²) in [5, 5.41) is 0. The maximum Gasteiger partial charge on any atom is 0.354 e. The number of hydrogen-bond donors (Lipinski definition) is 0. The van der Waals surface area contributed by atoms with Crippen molar-refractivity contribution in [2.75, 3.05) is 7.11 Å². The molecule has 2 aliphatic rings. The molecular formula is C7H7O2+. The van der Waals surface area contributed by atoms with Crippen LogP contribution >= 0.6 is 0 Å². The van der Waals surface area contributed by atoms with Crippen molar-refractivity contribution < 1.29 is 9.16 Å². The molecule has 0 N–H and O–H groups in total. The number of fused-ring (bicyclic) bond motifs is 1. The molecule has 0 radical (unpaired) electrons. The Morgan fingerprint density at radius 1 is 1.67 bits per heavy atom. The van der Waals surface area contributed by atoms with Gasteiger partial charge in [0.15, 0.2) is 7.11 Å². The number of epoxide rings is 1. The van der Waals surface area contributed by atoms with Gasteiger partial charge in [-0.2, -0.15) is 0 Å². The lowest BCUT2D eigenvalue weighted by atomic mass is 10.2. The maximum atomic E-state index is 10.9. The summed E-state index contributed by atoms with van der Waals surface area (Å²) >= 11 is 0. The van der Waals surface area contributed by atoms with Gasteiger partial charge in [-0.25, -0.2) is 0 Å². The second kappa shape index (κ2) is 1.26. The predicted octanol–water partition coefficient (Wildman–Crippen LogP) is 0.573. The van der Waals surface area contributed by atoms with Gasteiger partial charge >= 0.3 is 11.9 Å². The lowest BCUT2D eigenvalue weighted by molar-refractivity contribution is -0.118. The van der Waals surface area contributed by atoms with Crippen LogP contribution in [0.25, 0.3) is 0 Å². The van der Waals surface area contributed by atoms with Crippen molar-refractivity contribution >= 4 is 5.78 Å². The van der Waals surface area contributed by atoms with E-state index >= 15 is 0 Å². The van der Waals surface area contributed by atoms with Crippen LogP contribution in [-0.2, 0) is 9.16 Å². The van der Waals surface area contributed by atoms with Gasteiger partial charge in [-0.15, -0.1) is 0 Å². The Bertz CT molecular complexity index is 225. The van der Waals surface area contributed by atoms with Gasteiger partial charge in [-0.3, -0.25) is 4.79 Å². The summed E-state index contributed by atoms with van der Waals surface area (Å²) < 4.78 is 2.69. The molecule has 0 saturated carbocycles. The molecule has 1 aliphatic carbocycles. The molecule has 0 aromatic rings. The highest BCUT2D eigenvalue weighted by Gasteiger charge is 2.55. The van der Waals surface area contributed by atoms with Crippen LogP contribution in [-0.4, -0.2) is 19.0 Å². The van der Waals surface area contributed by atoms with E-state index in [2.05, 4.69) is 4.37 Å². The van der Waals surface area contributed by atoms with E-state index in [1.165, 1.54) is 0 Å². The number of ketones is 1. The van der Waals surface area contributed by atoms with Crippen molar-refractivity contribution in [2.24, 2.45) is 0 Å². The number of carbonyl (C=O) groups is 1. The molecule has 0 aromatic carbocycles. The highest BCUT2D eigenvalue weighted by Crippen LogP contribution is 2.39.